The number of nitrogens with two attached hydrogens (primary N) is 2. The number of halogens is 1. The smallest absolute Gasteiger partial charge is 0.251 e. The summed E-state index contributed by atoms with van der Waals surface area (Å²) in [5, 5.41) is 3.13. The summed E-state index contributed by atoms with van der Waals surface area (Å²) in [6.07, 6.45) is 0.882. The summed E-state index contributed by atoms with van der Waals surface area (Å²) in [7, 11) is 0. The fraction of sp³-hybridized carbons (Fsp3) is 0.364. The number of anilines is 1. The van der Waals surface area contributed by atoms with Gasteiger partial charge in [-0.2, -0.15) is 0 Å². The molecule has 1 amide bonds. The second kappa shape index (κ2) is 5.86. The Labute approximate surface area is 104 Å². The molecule has 0 aromatic heterocycles. The van der Waals surface area contributed by atoms with Gasteiger partial charge in [-0.1, -0.05) is 13.0 Å². The number of nitrogens with one attached hydrogen (secondary N) is 1. The van der Waals surface area contributed by atoms with Gasteiger partial charge in [0.1, 0.15) is 0 Å². The fourth-order valence-corrected chi connectivity index (χ4v) is 1.87. The highest BCUT2D eigenvalue weighted by Gasteiger charge is 2.12. The first kappa shape index (κ1) is 13.0. The lowest BCUT2D eigenvalue weighted by molar-refractivity contribution is 0.100. The number of rotatable bonds is 5. The van der Waals surface area contributed by atoms with Crippen molar-refractivity contribution in [3.63, 3.8) is 0 Å². The molecule has 0 saturated heterocycles. The van der Waals surface area contributed by atoms with Crippen molar-refractivity contribution in [1.82, 2.24) is 0 Å². The average Bonchev–Trinajstić information content (AvgIpc) is 2.25. The Morgan fingerprint density at radius 3 is 2.81 bits per heavy atom. The van der Waals surface area contributed by atoms with E-state index in [2.05, 4.69) is 21.2 Å². The molecule has 0 spiro atoms. The van der Waals surface area contributed by atoms with E-state index >= 15 is 0 Å². The first-order valence-electron chi connectivity index (χ1n) is 5.14. The summed E-state index contributed by atoms with van der Waals surface area (Å²) >= 11 is 3.30. The summed E-state index contributed by atoms with van der Waals surface area (Å²) in [4.78, 5) is 11.3. The van der Waals surface area contributed by atoms with Crippen molar-refractivity contribution in [3.8, 4) is 0 Å². The van der Waals surface area contributed by atoms with E-state index in [9.17, 15) is 4.79 Å². The summed E-state index contributed by atoms with van der Waals surface area (Å²) in [5.41, 5.74) is 12.3. The average molecular weight is 286 g/mol. The van der Waals surface area contributed by atoms with Crippen molar-refractivity contribution < 1.29 is 4.79 Å². The van der Waals surface area contributed by atoms with Crippen molar-refractivity contribution in [3.05, 3.63) is 28.2 Å². The number of hydrogen-bond donors (Lipinski definition) is 3. The van der Waals surface area contributed by atoms with Crippen LogP contribution in [0.15, 0.2) is 22.7 Å². The summed E-state index contributed by atoms with van der Waals surface area (Å²) < 4.78 is 0.690. The first-order chi connectivity index (χ1) is 7.56. The van der Waals surface area contributed by atoms with Crippen molar-refractivity contribution in [1.29, 1.82) is 0 Å². The van der Waals surface area contributed by atoms with Gasteiger partial charge in [0.2, 0.25) is 0 Å². The largest absolute Gasteiger partial charge is 0.383 e. The van der Waals surface area contributed by atoms with E-state index in [0.717, 1.165) is 6.42 Å². The first-order valence-corrected chi connectivity index (χ1v) is 5.93. The van der Waals surface area contributed by atoms with E-state index in [4.69, 9.17) is 11.5 Å². The van der Waals surface area contributed by atoms with Crippen molar-refractivity contribution in [2.24, 2.45) is 11.5 Å². The summed E-state index contributed by atoms with van der Waals surface area (Å²) in [6, 6.07) is 5.51. The highest BCUT2D eigenvalue weighted by atomic mass is 79.9. The minimum absolute atomic E-state index is 0.0692. The molecule has 0 radical (unpaired) electrons. The molecule has 0 fully saturated rings. The molecule has 1 rings (SSSR count). The van der Waals surface area contributed by atoms with E-state index in [-0.39, 0.29) is 6.04 Å². The predicted molar refractivity (Wildman–Crippen MR) is 69.4 cm³/mol. The van der Waals surface area contributed by atoms with E-state index in [1.54, 1.807) is 6.07 Å². The minimum Gasteiger partial charge on any atom is -0.383 e. The topological polar surface area (TPSA) is 81.1 Å². The van der Waals surface area contributed by atoms with Crippen LogP contribution in [0.3, 0.4) is 0 Å². The molecule has 0 saturated carbocycles. The molecule has 5 N–H and O–H groups in total. The van der Waals surface area contributed by atoms with Gasteiger partial charge in [-0.25, -0.2) is 0 Å². The molecular formula is C11H16BrN3O. The van der Waals surface area contributed by atoms with Crippen LogP contribution < -0.4 is 16.8 Å². The van der Waals surface area contributed by atoms with E-state index < -0.39 is 5.91 Å². The van der Waals surface area contributed by atoms with Crippen LogP contribution in [-0.4, -0.2) is 18.5 Å². The third-order valence-corrected chi connectivity index (χ3v) is 3.00. The number of carbonyl (C=O) groups is 1. The molecule has 16 heavy (non-hydrogen) atoms. The van der Waals surface area contributed by atoms with Gasteiger partial charge in [-0.3, -0.25) is 4.79 Å². The number of hydrogen-bond acceptors (Lipinski definition) is 3. The highest BCUT2D eigenvalue weighted by Crippen LogP contribution is 2.24. The molecule has 88 valence electrons. The summed E-state index contributed by atoms with van der Waals surface area (Å²) in [6.45, 7) is 2.63. The van der Waals surface area contributed by atoms with E-state index in [1.807, 2.05) is 19.1 Å². The fourth-order valence-electron chi connectivity index (χ4n) is 1.31. The van der Waals surface area contributed by atoms with Gasteiger partial charge in [-0.05, 0) is 34.5 Å². The Morgan fingerprint density at radius 1 is 1.56 bits per heavy atom. The predicted octanol–water partition coefficient (Wildman–Crippen LogP) is 1.70. The molecule has 0 aliphatic heterocycles. The zero-order chi connectivity index (χ0) is 12.1. The molecule has 1 aromatic carbocycles. The monoisotopic (exact) mass is 285 g/mol. The van der Waals surface area contributed by atoms with Gasteiger partial charge in [-0.15, -0.1) is 0 Å². The van der Waals surface area contributed by atoms with Crippen LogP contribution in [0.4, 0.5) is 5.69 Å². The zero-order valence-electron chi connectivity index (χ0n) is 9.16. The normalized spacial score (nSPS) is 12.2. The van der Waals surface area contributed by atoms with Gasteiger partial charge < -0.3 is 16.8 Å². The van der Waals surface area contributed by atoms with Crippen molar-refractivity contribution >= 4 is 27.5 Å². The van der Waals surface area contributed by atoms with Crippen LogP contribution in [0.1, 0.15) is 23.7 Å². The molecular weight excluding hydrogens is 270 g/mol. The van der Waals surface area contributed by atoms with Gasteiger partial charge in [0, 0.05) is 22.7 Å². The van der Waals surface area contributed by atoms with Crippen LogP contribution in [0, 0.1) is 0 Å². The number of amides is 1. The molecule has 0 aliphatic carbocycles. The molecule has 0 bridgehead atoms. The maximum atomic E-state index is 11.3. The lowest BCUT2D eigenvalue weighted by Crippen LogP contribution is -2.29. The number of primary amides is 1. The molecule has 1 aromatic rings. The molecule has 4 nitrogen and oxygen atoms in total. The molecule has 0 heterocycles. The lowest BCUT2D eigenvalue weighted by atomic mass is 10.1. The second-order valence-electron chi connectivity index (χ2n) is 3.58. The summed E-state index contributed by atoms with van der Waals surface area (Å²) in [5.74, 6) is -0.458. The standard InChI is InChI=1S/C11H16BrN3O/c1-2-7(13)6-15-9-5-3-4-8(12)10(9)11(14)16/h3-5,7,15H,2,6,13H2,1H3,(H2,14,16). The Balaban J connectivity index is 2.87. The zero-order valence-corrected chi connectivity index (χ0v) is 10.8. The van der Waals surface area contributed by atoms with Crippen molar-refractivity contribution in [2.45, 2.75) is 19.4 Å². The van der Waals surface area contributed by atoms with Gasteiger partial charge in [0.05, 0.1) is 5.56 Å². The van der Waals surface area contributed by atoms with E-state index in [1.165, 1.54) is 0 Å². The van der Waals surface area contributed by atoms with Gasteiger partial charge in [0.25, 0.3) is 5.91 Å². The van der Waals surface area contributed by atoms with E-state index in [0.29, 0.717) is 22.3 Å². The third kappa shape index (κ3) is 3.21. The van der Waals surface area contributed by atoms with Crippen LogP contribution in [0.25, 0.3) is 0 Å². The maximum absolute atomic E-state index is 11.3. The van der Waals surface area contributed by atoms with Crippen LogP contribution in [0.5, 0.6) is 0 Å². The lowest BCUT2D eigenvalue weighted by Gasteiger charge is -2.14. The second-order valence-corrected chi connectivity index (χ2v) is 4.43. The molecule has 1 atom stereocenters. The highest BCUT2D eigenvalue weighted by molar-refractivity contribution is 9.10. The minimum atomic E-state index is -0.458. The maximum Gasteiger partial charge on any atom is 0.251 e. The van der Waals surface area contributed by atoms with Gasteiger partial charge in [0.15, 0.2) is 0 Å². The number of carbonyl (C=O) groups excluding carboxylic acids is 1. The van der Waals surface area contributed by atoms with Crippen molar-refractivity contribution in [2.75, 3.05) is 11.9 Å². The Kier molecular flexibility index (Phi) is 4.76. The number of benzene rings is 1. The van der Waals surface area contributed by atoms with Crippen LogP contribution >= 0.6 is 15.9 Å². The van der Waals surface area contributed by atoms with Crippen LogP contribution in [0.2, 0.25) is 0 Å². The Bertz CT molecular complexity index is 381. The molecule has 5 heteroatoms. The molecule has 1 unspecified atom stereocenters. The molecule has 0 aliphatic rings. The third-order valence-electron chi connectivity index (χ3n) is 2.34. The Hall–Kier alpha value is -1.07. The SMILES string of the molecule is CCC(N)CNc1cccc(Br)c1C(N)=O. The van der Waals surface area contributed by atoms with Gasteiger partial charge >= 0.3 is 0 Å². The van der Waals surface area contributed by atoms with Crippen LogP contribution in [-0.2, 0) is 0 Å². The quantitative estimate of drug-likeness (QED) is 0.770. The Morgan fingerprint density at radius 2 is 2.25 bits per heavy atom.